The Morgan fingerprint density at radius 3 is 2.73 bits per heavy atom. The summed E-state index contributed by atoms with van der Waals surface area (Å²) < 4.78 is 0. The highest BCUT2D eigenvalue weighted by molar-refractivity contribution is 6.01. The number of carbonyl (C=O) groups excluding carboxylic acids is 1. The molecule has 0 aromatic carbocycles. The maximum atomic E-state index is 10.9. The number of carboxylic acids is 1. The Morgan fingerprint density at radius 2 is 2.36 bits per heavy atom. The average Bonchev–Trinajstić information content (AvgIpc) is 2.10. The van der Waals surface area contributed by atoms with Crippen LogP contribution in [0.1, 0.15) is 13.3 Å². The highest BCUT2D eigenvalue weighted by atomic mass is 16.4. The summed E-state index contributed by atoms with van der Waals surface area (Å²) >= 11 is 0. The lowest BCUT2D eigenvalue weighted by atomic mass is 10.2. The lowest BCUT2D eigenvalue weighted by Gasteiger charge is -1.86. The smallest absolute Gasteiger partial charge is 0.328 e. The normalized spacial score (nSPS) is 20.6. The molecule has 0 saturated carbocycles. The van der Waals surface area contributed by atoms with E-state index < -0.39 is 5.97 Å². The molecular formula is C8H8O3. The van der Waals surface area contributed by atoms with Gasteiger partial charge in [0.25, 0.3) is 0 Å². The highest BCUT2D eigenvalue weighted by Gasteiger charge is 2.15. The van der Waals surface area contributed by atoms with Gasteiger partial charge >= 0.3 is 5.97 Å². The standard InChI is InChI=1S/C8H8O3/c1-5-2-6(3-7(5)9)4-8(10)11/h2,4H,3H2,1H3,(H,10,11)/b6-4+. The van der Waals surface area contributed by atoms with E-state index >= 15 is 0 Å². The predicted molar refractivity (Wildman–Crippen MR) is 39.1 cm³/mol. The van der Waals surface area contributed by atoms with E-state index in [0.717, 1.165) is 6.08 Å². The zero-order chi connectivity index (χ0) is 8.43. The molecule has 0 bridgehead atoms. The van der Waals surface area contributed by atoms with Gasteiger partial charge in [-0.05, 0) is 18.1 Å². The maximum Gasteiger partial charge on any atom is 0.328 e. The Labute approximate surface area is 64.0 Å². The number of carboxylic acid groups (broad SMARTS) is 1. The molecule has 1 rings (SSSR count). The number of Topliss-reactive ketones (excluding diaryl/α,β-unsaturated/α-hetero) is 1. The van der Waals surface area contributed by atoms with Crippen molar-refractivity contribution in [3.63, 3.8) is 0 Å². The van der Waals surface area contributed by atoms with Crippen LogP contribution in [0.2, 0.25) is 0 Å². The van der Waals surface area contributed by atoms with Crippen LogP contribution in [0, 0.1) is 0 Å². The van der Waals surface area contributed by atoms with Gasteiger partial charge in [-0.1, -0.05) is 6.08 Å². The summed E-state index contributed by atoms with van der Waals surface area (Å²) in [6.45, 7) is 1.69. The van der Waals surface area contributed by atoms with E-state index in [4.69, 9.17) is 5.11 Å². The van der Waals surface area contributed by atoms with E-state index in [9.17, 15) is 9.59 Å². The van der Waals surface area contributed by atoms with E-state index in [0.29, 0.717) is 11.1 Å². The molecule has 0 heterocycles. The van der Waals surface area contributed by atoms with Gasteiger partial charge in [-0.2, -0.15) is 0 Å². The van der Waals surface area contributed by atoms with E-state index in [1.807, 2.05) is 0 Å². The van der Waals surface area contributed by atoms with Crippen molar-refractivity contribution in [1.29, 1.82) is 0 Å². The molecule has 0 unspecified atom stereocenters. The third-order valence-electron chi connectivity index (χ3n) is 1.52. The molecule has 0 aliphatic heterocycles. The van der Waals surface area contributed by atoms with Crippen molar-refractivity contribution in [3.8, 4) is 0 Å². The molecule has 0 aromatic rings. The number of carbonyl (C=O) groups is 2. The van der Waals surface area contributed by atoms with Crippen molar-refractivity contribution in [3.05, 3.63) is 23.3 Å². The monoisotopic (exact) mass is 152 g/mol. The van der Waals surface area contributed by atoms with E-state index in [2.05, 4.69) is 0 Å². The molecule has 0 spiro atoms. The summed E-state index contributed by atoms with van der Waals surface area (Å²) in [5.41, 5.74) is 1.22. The first-order valence-corrected chi connectivity index (χ1v) is 3.24. The SMILES string of the molecule is CC1=C/C(=C\C(=O)O)CC1=O. The fourth-order valence-corrected chi connectivity index (χ4v) is 0.986. The zero-order valence-corrected chi connectivity index (χ0v) is 6.13. The van der Waals surface area contributed by atoms with Crippen LogP contribution in [0.25, 0.3) is 0 Å². The fraction of sp³-hybridized carbons (Fsp3) is 0.250. The molecule has 1 aliphatic rings. The van der Waals surface area contributed by atoms with Gasteiger partial charge in [0.15, 0.2) is 5.78 Å². The number of aliphatic carboxylic acids is 1. The highest BCUT2D eigenvalue weighted by Crippen LogP contribution is 2.18. The topological polar surface area (TPSA) is 54.4 Å². The molecule has 0 atom stereocenters. The van der Waals surface area contributed by atoms with Gasteiger partial charge in [0.1, 0.15) is 0 Å². The Hall–Kier alpha value is -1.38. The van der Waals surface area contributed by atoms with Crippen molar-refractivity contribution >= 4 is 11.8 Å². The molecule has 0 amide bonds. The minimum atomic E-state index is -1.00. The molecule has 1 N–H and O–H groups in total. The molecule has 58 valence electrons. The second-order valence-electron chi connectivity index (χ2n) is 2.48. The maximum absolute atomic E-state index is 10.9. The van der Waals surface area contributed by atoms with E-state index in [-0.39, 0.29) is 12.2 Å². The lowest BCUT2D eigenvalue weighted by molar-refractivity contribution is -0.131. The molecule has 3 heteroatoms. The second kappa shape index (κ2) is 2.70. The van der Waals surface area contributed by atoms with Gasteiger partial charge in [-0.3, -0.25) is 4.79 Å². The van der Waals surface area contributed by atoms with Crippen molar-refractivity contribution in [2.75, 3.05) is 0 Å². The molecule has 3 nitrogen and oxygen atoms in total. The molecule has 0 fully saturated rings. The number of ketones is 1. The van der Waals surface area contributed by atoms with Crippen LogP contribution in [0.4, 0.5) is 0 Å². The fourth-order valence-electron chi connectivity index (χ4n) is 0.986. The Kier molecular flexibility index (Phi) is 1.89. The molecule has 0 saturated heterocycles. The van der Waals surface area contributed by atoms with Crippen LogP contribution in [-0.2, 0) is 9.59 Å². The first kappa shape index (κ1) is 7.72. The van der Waals surface area contributed by atoms with E-state index in [1.165, 1.54) is 0 Å². The molecule has 0 aromatic heterocycles. The molecule has 11 heavy (non-hydrogen) atoms. The average molecular weight is 152 g/mol. The second-order valence-corrected chi connectivity index (χ2v) is 2.48. The Bertz CT molecular complexity index is 271. The van der Waals surface area contributed by atoms with Crippen LogP contribution in [0.3, 0.4) is 0 Å². The third-order valence-corrected chi connectivity index (χ3v) is 1.52. The number of allylic oxidation sites excluding steroid dienone is 3. The van der Waals surface area contributed by atoms with Gasteiger partial charge < -0.3 is 5.11 Å². The van der Waals surface area contributed by atoms with Crippen LogP contribution in [-0.4, -0.2) is 16.9 Å². The Balaban J connectivity index is 2.83. The van der Waals surface area contributed by atoms with Gasteiger partial charge in [0.2, 0.25) is 0 Å². The van der Waals surface area contributed by atoms with Crippen LogP contribution >= 0.6 is 0 Å². The minimum absolute atomic E-state index is 0.0116. The third kappa shape index (κ3) is 1.77. The summed E-state index contributed by atoms with van der Waals surface area (Å²) in [7, 11) is 0. The summed E-state index contributed by atoms with van der Waals surface area (Å²) in [5, 5.41) is 8.33. The van der Waals surface area contributed by atoms with Gasteiger partial charge in [-0.25, -0.2) is 4.79 Å². The quantitative estimate of drug-likeness (QED) is 0.568. The van der Waals surface area contributed by atoms with Crippen LogP contribution < -0.4 is 0 Å². The molecular weight excluding hydrogens is 144 g/mol. The van der Waals surface area contributed by atoms with Crippen molar-refractivity contribution in [2.45, 2.75) is 13.3 Å². The van der Waals surface area contributed by atoms with E-state index in [1.54, 1.807) is 13.0 Å². The van der Waals surface area contributed by atoms with Gasteiger partial charge in [0.05, 0.1) is 0 Å². The van der Waals surface area contributed by atoms with Crippen molar-refractivity contribution in [2.24, 2.45) is 0 Å². The first-order valence-electron chi connectivity index (χ1n) is 3.24. The van der Waals surface area contributed by atoms with Crippen molar-refractivity contribution in [1.82, 2.24) is 0 Å². The Morgan fingerprint density at radius 1 is 1.73 bits per heavy atom. The summed E-state index contributed by atoms with van der Waals surface area (Å²) in [4.78, 5) is 21.0. The first-order chi connectivity index (χ1) is 5.09. The lowest BCUT2D eigenvalue weighted by Crippen LogP contribution is -1.92. The van der Waals surface area contributed by atoms with Crippen LogP contribution in [0.15, 0.2) is 23.3 Å². The molecule has 1 aliphatic carbocycles. The van der Waals surface area contributed by atoms with Crippen LogP contribution in [0.5, 0.6) is 0 Å². The predicted octanol–water partition coefficient (Wildman–Crippen LogP) is 0.917. The zero-order valence-electron chi connectivity index (χ0n) is 6.13. The van der Waals surface area contributed by atoms with Crippen molar-refractivity contribution < 1.29 is 14.7 Å². The largest absolute Gasteiger partial charge is 0.478 e. The summed E-state index contributed by atoms with van der Waals surface area (Å²) in [6.07, 6.45) is 2.91. The summed E-state index contributed by atoms with van der Waals surface area (Å²) in [5.74, 6) is -0.990. The van der Waals surface area contributed by atoms with Gasteiger partial charge in [-0.15, -0.1) is 0 Å². The van der Waals surface area contributed by atoms with Gasteiger partial charge in [0, 0.05) is 12.5 Å². The number of hydrogen-bond donors (Lipinski definition) is 1. The molecule has 0 radical (unpaired) electrons. The summed E-state index contributed by atoms with van der Waals surface area (Å²) in [6, 6.07) is 0. The number of rotatable bonds is 1. The minimum Gasteiger partial charge on any atom is -0.478 e. The number of hydrogen-bond acceptors (Lipinski definition) is 2.